The van der Waals surface area contributed by atoms with Crippen molar-refractivity contribution < 1.29 is 24.2 Å². The smallest absolute Gasteiger partial charge is 0.337 e. The van der Waals surface area contributed by atoms with Crippen molar-refractivity contribution in [3.8, 4) is 17.6 Å². The van der Waals surface area contributed by atoms with Gasteiger partial charge in [-0.2, -0.15) is 5.26 Å². The number of carbonyl (C=O) groups is 2. The number of esters is 1. The van der Waals surface area contributed by atoms with E-state index in [2.05, 4.69) is 18.0 Å². The van der Waals surface area contributed by atoms with Gasteiger partial charge in [-0.1, -0.05) is 30.5 Å². The number of methoxy groups -OCH3 is 1. The Balaban J connectivity index is 2.63. The third-order valence-corrected chi connectivity index (χ3v) is 5.14. The fourth-order valence-electron chi connectivity index (χ4n) is 2.86. The van der Waals surface area contributed by atoms with E-state index in [-0.39, 0.29) is 35.0 Å². The van der Waals surface area contributed by atoms with Gasteiger partial charge >= 0.3 is 5.97 Å². The number of benzene rings is 1. The largest absolute Gasteiger partial charge is 0.504 e. The van der Waals surface area contributed by atoms with Crippen molar-refractivity contribution in [1.82, 2.24) is 5.32 Å². The Morgan fingerprint density at radius 3 is 2.79 bits per heavy atom. The fraction of sp³-hybridized carbons (Fsp3) is 0.250. The number of hydrogen-bond acceptors (Lipinski definition) is 8. The van der Waals surface area contributed by atoms with Crippen LogP contribution in [-0.2, 0) is 14.3 Å². The van der Waals surface area contributed by atoms with Crippen LogP contribution in [0, 0.1) is 11.3 Å². The topological polar surface area (TPSA) is 135 Å². The first-order valence-corrected chi connectivity index (χ1v) is 9.50. The van der Waals surface area contributed by atoms with Gasteiger partial charge < -0.3 is 25.6 Å². The maximum Gasteiger partial charge on any atom is 0.337 e. The number of thioether (sulfide) groups is 1. The summed E-state index contributed by atoms with van der Waals surface area (Å²) in [4.78, 5) is 24.0. The Hall–Kier alpha value is -3.38. The lowest BCUT2D eigenvalue weighted by Crippen LogP contribution is -2.29. The lowest BCUT2D eigenvalue weighted by molar-refractivity contribution is -0.138. The van der Waals surface area contributed by atoms with Crippen molar-refractivity contribution in [3.63, 3.8) is 0 Å². The van der Waals surface area contributed by atoms with E-state index in [1.165, 1.54) is 19.3 Å². The third kappa shape index (κ3) is 4.92. The molecular formula is C20H21N3O5S. The Morgan fingerprint density at radius 2 is 2.21 bits per heavy atom. The highest BCUT2D eigenvalue weighted by Gasteiger charge is 2.36. The van der Waals surface area contributed by atoms with E-state index in [9.17, 15) is 20.0 Å². The molecule has 1 aliphatic rings. The molecule has 1 atom stereocenters. The number of primary amides is 1. The van der Waals surface area contributed by atoms with Crippen LogP contribution < -0.4 is 15.8 Å². The van der Waals surface area contributed by atoms with E-state index in [1.54, 1.807) is 19.1 Å². The number of phenols is 1. The van der Waals surface area contributed by atoms with E-state index < -0.39 is 17.8 Å². The normalized spacial score (nSPS) is 16.0. The van der Waals surface area contributed by atoms with Gasteiger partial charge in [-0.25, -0.2) is 4.79 Å². The van der Waals surface area contributed by atoms with Gasteiger partial charge in [-0.15, -0.1) is 0 Å². The molecule has 2 rings (SSSR count). The molecule has 29 heavy (non-hydrogen) atoms. The molecule has 1 aliphatic heterocycles. The quantitative estimate of drug-likeness (QED) is 0.434. The Kier molecular flexibility index (Phi) is 7.33. The summed E-state index contributed by atoms with van der Waals surface area (Å²) in [5.74, 6) is -1.86. The molecule has 0 saturated carbocycles. The molecule has 8 nitrogen and oxygen atoms in total. The van der Waals surface area contributed by atoms with E-state index in [4.69, 9.17) is 15.2 Å². The lowest BCUT2D eigenvalue weighted by Gasteiger charge is -2.29. The van der Waals surface area contributed by atoms with Crippen LogP contribution in [0.1, 0.15) is 18.4 Å². The van der Waals surface area contributed by atoms with E-state index in [1.807, 2.05) is 0 Å². The van der Waals surface area contributed by atoms with Gasteiger partial charge in [0.2, 0.25) is 5.91 Å². The van der Waals surface area contributed by atoms with Crippen LogP contribution in [-0.4, -0.2) is 36.5 Å². The van der Waals surface area contributed by atoms with Gasteiger partial charge in [0.25, 0.3) is 0 Å². The fourth-order valence-corrected chi connectivity index (χ4v) is 3.69. The van der Waals surface area contributed by atoms with Crippen LogP contribution in [0.15, 0.2) is 52.7 Å². The zero-order chi connectivity index (χ0) is 21.6. The Labute approximate surface area is 172 Å². The maximum atomic E-state index is 12.7. The minimum atomic E-state index is -0.788. The highest BCUT2D eigenvalue weighted by molar-refractivity contribution is 8.03. The average Bonchev–Trinajstić information content (AvgIpc) is 2.70. The molecule has 0 saturated heterocycles. The molecule has 1 unspecified atom stereocenters. The number of ether oxygens (including phenoxy) is 2. The first-order chi connectivity index (χ1) is 13.8. The number of carbonyl (C=O) groups excluding carboxylic acids is 2. The summed E-state index contributed by atoms with van der Waals surface area (Å²) >= 11 is 1.07. The second-order valence-electron chi connectivity index (χ2n) is 6.02. The molecule has 0 spiro atoms. The van der Waals surface area contributed by atoms with Crippen LogP contribution in [0.4, 0.5) is 0 Å². The van der Waals surface area contributed by atoms with Crippen molar-refractivity contribution in [2.75, 3.05) is 19.5 Å². The molecule has 9 heteroatoms. The van der Waals surface area contributed by atoms with Gasteiger partial charge in [0.1, 0.15) is 6.61 Å². The van der Waals surface area contributed by atoms with Crippen LogP contribution in [0.25, 0.3) is 0 Å². The number of aromatic hydroxyl groups is 1. The molecule has 152 valence electrons. The second kappa shape index (κ2) is 9.71. The molecule has 1 heterocycles. The van der Waals surface area contributed by atoms with Gasteiger partial charge in [0.15, 0.2) is 11.5 Å². The molecular weight excluding hydrogens is 394 g/mol. The van der Waals surface area contributed by atoms with Crippen molar-refractivity contribution in [2.45, 2.75) is 12.8 Å². The Morgan fingerprint density at radius 1 is 1.48 bits per heavy atom. The molecule has 0 fully saturated rings. The zero-order valence-electron chi connectivity index (χ0n) is 16.0. The average molecular weight is 415 g/mol. The van der Waals surface area contributed by atoms with Crippen LogP contribution in [0.2, 0.25) is 0 Å². The summed E-state index contributed by atoms with van der Waals surface area (Å²) in [5.41, 5.74) is 6.70. The number of dihydropyridines is 1. The third-order valence-electron chi connectivity index (χ3n) is 4.10. The van der Waals surface area contributed by atoms with Crippen molar-refractivity contribution in [2.24, 2.45) is 5.73 Å². The van der Waals surface area contributed by atoms with E-state index in [0.29, 0.717) is 16.3 Å². The van der Waals surface area contributed by atoms with E-state index in [0.717, 1.165) is 11.8 Å². The predicted octanol–water partition coefficient (Wildman–Crippen LogP) is 2.04. The molecule has 0 aromatic heterocycles. The number of hydrogen-bond donors (Lipinski definition) is 3. The van der Waals surface area contributed by atoms with Crippen molar-refractivity contribution >= 4 is 23.6 Å². The molecule has 0 aliphatic carbocycles. The van der Waals surface area contributed by atoms with Crippen molar-refractivity contribution in [1.29, 1.82) is 5.26 Å². The lowest BCUT2D eigenvalue weighted by atomic mass is 9.82. The number of nitrogens with zero attached hydrogens (tertiary/aromatic N) is 1. The monoisotopic (exact) mass is 415 g/mol. The number of phenolic OH excluding ortho intramolecular Hbond substituents is 1. The molecule has 0 radical (unpaired) electrons. The minimum Gasteiger partial charge on any atom is -0.504 e. The summed E-state index contributed by atoms with van der Waals surface area (Å²) in [5, 5.41) is 23.2. The number of rotatable bonds is 8. The first-order valence-electron chi connectivity index (χ1n) is 8.52. The highest BCUT2D eigenvalue weighted by Crippen LogP contribution is 2.42. The molecule has 1 aromatic carbocycles. The predicted molar refractivity (Wildman–Crippen MR) is 109 cm³/mol. The number of nitrogens with two attached hydrogens (primary N) is 1. The molecule has 1 amide bonds. The van der Waals surface area contributed by atoms with Crippen LogP contribution in [0.5, 0.6) is 11.5 Å². The molecule has 1 aromatic rings. The second-order valence-corrected chi connectivity index (χ2v) is 7.01. The summed E-state index contributed by atoms with van der Waals surface area (Å²) < 4.78 is 10.4. The summed E-state index contributed by atoms with van der Waals surface area (Å²) in [6.07, 6.45) is 1.44. The highest BCUT2D eigenvalue weighted by atomic mass is 32.2. The number of amides is 1. The van der Waals surface area contributed by atoms with Gasteiger partial charge in [-0.3, -0.25) is 4.79 Å². The molecule has 0 bridgehead atoms. The van der Waals surface area contributed by atoms with Crippen LogP contribution >= 0.6 is 11.8 Å². The summed E-state index contributed by atoms with van der Waals surface area (Å²) in [6, 6.07) is 6.68. The summed E-state index contributed by atoms with van der Waals surface area (Å²) in [7, 11) is 1.40. The SMILES string of the molecule is C=CCOC(=O)C1=C(C)NC(SCC(N)=O)=C(C#N)C1c1ccc(O)c(OC)c1. The maximum absolute atomic E-state index is 12.7. The summed E-state index contributed by atoms with van der Waals surface area (Å²) in [6.45, 7) is 5.21. The van der Waals surface area contributed by atoms with Crippen molar-refractivity contribution in [3.05, 3.63) is 58.3 Å². The van der Waals surface area contributed by atoms with Gasteiger partial charge in [-0.05, 0) is 24.6 Å². The van der Waals surface area contributed by atoms with E-state index >= 15 is 0 Å². The molecule has 4 N–H and O–H groups in total. The first kappa shape index (κ1) is 21.9. The number of nitrogens with one attached hydrogen (secondary N) is 1. The van der Waals surface area contributed by atoms with Gasteiger partial charge in [0.05, 0.1) is 41.0 Å². The number of nitriles is 1. The standard InChI is InChI=1S/C20H21N3O5S/c1-4-7-28-20(26)17-11(2)23-19(29-10-16(22)25)13(9-21)18(17)12-5-6-14(24)15(8-12)27-3/h4-6,8,18,23-24H,1,7,10H2,2-3H3,(H2,22,25). The Bertz CT molecular complexity index is 946. The zero-order valence-corrected chi connectivity index (χ0v) is 16.8. The number of allylic oxidation sites excluding steroid dienone is 2. The van der Waals surface area contributed by atoms with Crippen LogP contribution in [0.3, 0.4) is 0 Å². The minimum absolute atomic E-state index is 0.0100. The van der Waals surface area contributed by atoms with Gasteiger partial charge in [0, 0.05) is 5.70 Å².